The van der Waals surface area contributed by atoms with Gasteiger partial charge in [0, 0.05) is 93.4 Å². The fraction of sp³-hybridized carbons (Fsp3) is 0.381. The van der Waals surface area contributed by atoms with E-state index in [0.29, 0.717) is 81.5 Å². The molecule has 6 amide bonds. The third kappa shape index (κ3) is 7.14. The van der Waals surface area contributed by atoms with Crippen molar-refractivity contribution in [1.29, 1.82) is 0 Å². The summed E-state index contributed by atoms with van der Waals surface area (Å²) in [7, 11) is 1.79. The molecular formula is C42H43FN12O5. The number of carbonyl (C=O) groups is 5. The molecule has 0 saturated carbocycles. The summed E-state index contributed by atoms with van der Waals surface area (Å²) in [4.78, 5) is 78.7. The second-order valence-corrected chi connectivity index (χ2v) is 15.7. The molecule has 17 nitrogen and oxygen atoms in total. The Hall–Kier alpha value is -6.87. The van der Waals surface area contributed by atoms with Gasteiger partial charge in [0.05, 0.1) is 24.0 Å². The Morgan fingerprint density at radius 3 is 2.52 bits per heavy atom. The zero-order valence-corrected chi connectivity index (χ0v) is 33.0. The molecule has 5 aliphatic heterocycles. The van der Waals surface area contributed by atoms with Gasteiger partial charge in [0.15, 0.2) is 11.5 Å². The SMILES string of the molecule is CN1CCN([C@@H]2CCCN(c3nnc(C(N)=O)c(Nc4ccc(N5CCN(CC#Cc6ccc7c8c(cccc68)C(=O)N7C6CCC(=O)NC6=O)CC5)c(F)c4)n3)C2)C1=O. The molecule has 4 N–H and O–H groups in total. The number of amides is 6. The first-order chi connectivity index (χ1) is 29.0. The zero-order valence-electron chi connectivity index (χ0n) is 33.0. The number of nitrogens with two attached hydrogens (primary N) is 1. The lowest BCUT2D eigenvalue weighted by molar-refractivity contribution is -0.134. The van der Waals surface area contributed by atoms with Gasteiger partial charge < -0.3 is 30.7 Å². The van der Waals surface area contributed by atoms with E-state index in [1.54, 1.807) is 30.1 Å². The van der Waals surface area contributed by atoms with E-state index in [0.717, 1.165) is 29.2 Å². The highest BCUT2D eigenvalue weighted by atomic mass is 19.1. The van der Waals surface area contributed by atoms with Crippen molar-refractivity contribution in [3.8, 4) is 11.8 Å². The maximum atomic E-state index is 15.7. The Kier molecular flexibility index (Phi) is 10.1. The molecule has 6 heterocycles. The normalized spacial score (nSPS) is 20.8. The summed E-state index contributed by atoms with van der Waals surface area (Å²) in [6, 6.07) is 13.2. The number of primary amides is 1. The molecule has 18 heteroatoms. The number of piperidine rings is 2. The van der Waals surface area contributed by atoms with Crippen LogP contribution in [0, 0.1) is 17.7 Å². The van der Waals surface area contributed by atoms with Crippen molar-refractivity contribution in [1.82, 2.24) is 35.2 Å². The van der Waals surface area contributed by atoms with Crippen LogP contribution in [0.2, 0.25) is 0 Å². The van der Waals surface area contributed by atoms with E-state index >= 15 is 4.39 Å². The predicted molar refractivity (Wildman–Crippen MR) is 220 cm³/mol. The summed E-state index contributed by atoms with van der Waals surface area (Å²) in [6.07, 6.45) is 2.12. The third-order valence-electron chi connectivity index (χ3n) is 12.0. The van der Waals surface area contributed by atoms with Gasteiger partial charge in [-0.25, -0.2) is 9.18 Å². The molecule has 5 aliphatic rings. The standard InChI is InChI=1S/C42H43FN12O5/c1-50-17-22-54(42(50)60)27-6-4-16-53(24-27)41-47-38(36(37(44)57)48-49-41)45-26-10-12-31(30(43)23-26)52-20-18-51(19-21-52)15-3-5-25-9-11-32-35-28(25)7-2-8-29(35)40(59)55(32)33-13-14-34(56)46-39(33)58/h2,7-12,23,27,33H,4,6,13-22,24H2,1H3,(H2,44,57)(H,45,47,49)(H,46,56,58)/t27-,33?/m1/s1. The molecule has 0 radical (unpaired) electrons. The molecule has 0 aliphatic carbocycles. The van der Waals surface area contributed by atoms with E-state index < -0.39 is 23.7 Å². The van der Waals surface area contributed by atoms with Crippen molar-refractivity contribution < 1.29 is 28.4 Å². The minimum Gasteiger partial charge on any atom is -0.367 e. The second kappa shape index (κ2) is 15.7. The van der Waals surface area contributed by atoms with Crippen molar-refractivity contribution >= 4 is 69.3 Å². The molecule has 308 valence electrons. The largest absolute Gasteiger partial charge is 0.367 e. The van der Waals surface area contributed by atoms with Crippen molar-refractivity contribution in [2.45, 2.75) is 37.8 Å². The lowest BCUT2D eigenvalue weighted by Crippen LogP contribution is -2.53. The summed E-state index contributed by atoms with van der Waals surface area (Å²) < 4.78 is 15.7. The summed E-state index contributed by atoms with van der Waals surface area (Å²) >= 11 is 0. The zero-order chi connectivity index (χ0) is 41.7. The highest BCUT2D eigenvalue weighted by Gasteiger charge is 2.41. The van der Waals surface area contributed by atoms with E-state index in [2.05, 4.69) is 42.6 Å². The number of aromatic nitrogens is 3. The van der Waals surface area contributed by atoms with Crippen LogP contribution in [0.4, 0.5) is 38.0 Å². The van der Waals surface area contributed by atoms with Crippen molar-refractivity contribution in [2.24, 2.45) is 5.73 Å². The topological polar surface area (TPSA) is 194 Å². The number of nitrogens with zero attached hydrogens (tertiary/aromatic N) is 9. The number of benzene rings is 3. The molecule has 4 aromatic rings. The highest BCUT2D eigenvalue weighted by molar-refractivity contribution is 6.27. The van der Waals surface area contributed by atoms with Crippen molar-refractivity contribution in [3.63, 3.8) is 0 Å². The number of nitrogens with one attached hydrogen (secondary N) is 2. The highest BCUT2D eigenvalue weighted by Crippen LogP contribution is 2.41. The average Bonchev–Trinajstić information content (AvgIpc) is 3.73. The van der Waals surface area contributed by atoms with E-state index in [-0.39, 0.29) is 54.2 Å². The quantitative estimate of drug-likeness (QED) is 0.174. The molecule has 0 bridgehead atoms. The number of carbonyl (C=O) groups excluding carboxylic acids is 5. The molecule has 4 fully saturated rings. The van der Waals surface area contributed by atoms with Crippen LogP contribution in [0.3, 0.4) is 0 Å². The van der Waals surface area contributed by atoms with Crippen LogP contribution in [0.1, 0.15) is 52.1 Å². The Bertz CT molecular complexity index is 2520. The first-order valence-electron chi connectivity index (χ1n) is 20.1. The number of rotatable bonds is 8. The van der Waals surface area contributed by atoms with E-state index in [4.69, 9.17) is 5.73 Å². The number of hydrogen-bond donors (Lipinski definition) is 3. The van der Waals surface area contributed by atoms with Crippen LogP contribution in [-0.4, -0.2) is 138 Å². The van der Waals surface area contributed by atoms with Gasteiger partial charge in [-0.2, -0.15) is 4.98 Å². The fourth-order valence-corrected chi connectivity index (χ4v) is 8.83. The summed E-state index contributed by atoms with van der Waals surface area (Å²) in [5.41, 5.74) is 8.16. The molecule has 9 rings (SSSR count). The Balaban J connectivity index is 0.833. The number of halogens is 1. The van der Waals surface area contributed by atoms with Crippen LogP contribution in [0.25, 0.3) is 10.8 Å². The van der Waals surface area contributed by atoms with Crippen molar-refractivity contribution in [2.75, 3.05) is 86.0 Å². The first-order valence-corrected chi connectivity index (χ1v) is 20.1. The number of piperazine rings is 1. The van der Waals surface area contributed by atoms with E-state index in [1.807, 2.05) is 39.0 Å². The summed E-state index contributed by atoms with van der Waals surface area (Å²) in [6.45, 7) is 5.46. The van der Waals surface area contributed by atoms with Crippen molar-refractivity contribution in [3.05, 3.63) is 71.2 Å². The minimum atomic E-state index is -0.828. The monoisotopic (exact) mass is 814 g/mol. The van der Waals surface area contributed by atoms with Gasteiger partial charge in [0.25, 0.3) is 11.8 Å². The van der Waals surface area contributed by atoms with E-state index in [1.165, 1.54) is 11.0 Å². The number of hydrogen-bond acceptors (Lipinski definition) is 12. The van der Waals surface area contributed by atoms with Gasteiger partial charge in [0.1, 0.15) is 11.9 Å². The van der Waals surface area contributed by atoms with Crippen LogP contribution in [0.15, 0.2) is 48.5 Å². The third-order valence-corrected chi connectivity index (χ3v) is 12.0. The van der Waals surface area contributed by atoms with Gasteiger partial charge >= 0.3 is 6.03 Å². The summed E-state index contributed by atoms with van der Waals surface area (Å²) in [5.74, 6) is 4.56. The summed E-state index contributed by atoms with van der Waals surface area (Å²) in [5, 5.41) is 15.2. The smallest absolute Gasteiger partial charge is 0.320 e. The molecule has 2 atom stereocenters. The fourth-order valence-electron chi connectivity index (χ4n) is 8.83. The van der Waals surface area contributed by atoms with Crippen LogP contribution in [0.5, 0.6) is 0 Å². The first kappa shape index (κ1) is 38.6. The molecule has 0 spiro atoms. The number of urea groups is 1. The van der Waals surface area contributed by atoms with Gasteiger partial charge in [-0.05, 0) is 55.7 Å². The Labute approximate surface area is 344 Å². The van der Waals surface area contributed by atoms with Crippen LogP contribution < -0.4 is 31.1 Å². The van der Waals surface area contributed by atoms with E-state index in [9.17, 15) is 24.0 Å². The minimum absolute atomic E-state index is 0.00000717. The second-order valence-electron chi connectivity index (χ2n) is 15.7. The lowest BCUT2D eigenvalue weighted by atomic mass is 10.0. The number of anilines is 5. The van der Waals surface area contributed by atoms with Gasteiger partial charge in [0.2, 0.25) is 17.8 Å². The Morgan fingerprint density at radius 2 is 1.77 bits per heavy atom. The molecule has 4 saturated heterocycles. The van der Waals surface area contributed by atoms with Gasteiger partial charge in [-0.15, -0.1) is 10.2 Å². The molecular weight excluding hydrogens is 772 g/mol. The maximum Gasteiger partial charge on any atom is 0.320 e. The van der Waals surface area contributed by atoms with Crippen LogP contribution in [-0.2, 0) is 9.59 Å². The number of imide groups is 1. The average molecular weight is 815 g/mol. The lowest BCUT2D eigenvalue weighted by Gasteiger charge is -2.37. The number of likely N-dealkylation sites (N-methyl/N-ethyl adjacent to an activating group) is 1. The Morgan fingerprint density at radius 1 is 0.950 bits per heavy atom. The van der Waals surface area contributed by atoms with Gasteiger partial charge in [-0.3, -0.25) is 34.3 Å². The molecule has 1 unspecified atom stereocenters. The maximum absolute atomic E-state index is 15.7. The van der Waals surface area contributed by atoms with Gasteiger partial charge in [-0.1, -0.05) is 24.0 Å². The molecule has 1 aromatic heterocycles. The molecule has 60 heavy (non-hydrogen) atoms. The van der Waals surface area contributed by atoms with Crippen LogP contribution >= 0.6 is 0 Å². The predicted octanol–water partition coefficient (Wildman–Crippen LogP) is 2.28. The molecule has 3 aromatic carbocycles.